The number of aromatic amines is 2. The van der Waals surface area contributed by atoms with Crippen LogP contribution in [0.15, 0.2) is 67.4 Å². The number of H-pyrrole nitrogens is 2. The summed E-state index contributed by atoms with van der Waals surface area (Å²) in [6.07, 6.45) is 8.93. The van der Waals surface area contributed by atoms with Crippen LogP contribution < -0.4 is 4.90 Å². The summed E-state index contributed by atoms with van der Waals surface area (Å²) < 4.78 is 0. The molecule has 0 bridgehead atoms. The van der Waals surface area contributed by atoms with Gasteiger partial charge in [0.15, 0.2) is 11.5 Å². The zero-order valence-electron chi connectivity index (χ0n) is 18.0. The van der Waals surface area contributed by atoms with E-state index in [-0.39, 0.29) is 0 Å². The minimum absolute atomic E-state index is 0.617. The molecule has 9 heteroatoms. The monoisotopic (exact) mass is 433 g/mol. The first kappa shape index (κ1) is 19.1. The Bertz CT molecular complexity index is 1600. The summed E-state index contributed by atoms with van der Waals surface area (Å²) in [5.74, 6) is 0.617. The van der Waals surface area contributed by atoms with Gasteiger partial charge in [0.2, 0.25) is 0 Å². The maximum Gasteiger partial charge on any atom is 0.161 e. The van der Waals surface area contributed by atoms with Gasteiger partial charge in [-0.1, -0.05) is 6.07 Å². The van der Waals surface area contributed by atoms with Crippen molar-refractivity contribution >= 4 is 27.8 Å². The summed E-state index contributed by atoms with van der Waals surface area (Å²) in [4.78, 5) is 28.3. The van der Waals surface area contributed by atoms with Gasteiger partial charge in [-0.3, -0.25) is 20.1 Å². The van der Waals surface area contributed by atoms with Crippen molar-refractivity contribution < 1.29 is 0 Å². The van der Waals surface area contributed by atoms with Crippen LogP contribution in [0.25, 0.3) is 56.1 Å². The molecule has 6 aromatic rings. The van der Waals surface area contributed by atoms with Crippen molar-refractivity contribution in [3.8, 4) is 34.0 Å². The van der Waals surface area contributed by atoms with Crippen molar-refractivity contribution in [2.45, 2.75) is 0 Å². The zero-order chi connectivity index (χ0) is 22.4. The highest BCUT2D eigenvalue weighted by Gasteiger charge is 2.17. The summed E-state index contributed by atoms with van der Waals surface area (Å²) in [6, 6.07) is 11.8. The fourth-order valence-corrected chi connectivity index (χ4v) is 3.79. The van der Waals surface area contributed by atoms with Gasteiger partial charge < -0.3 is 9.88 Å². The van der Waals surface area contributed by atoms with Gasteiger partial charge in [-0.15, -0.1) is 0 Å². The Hall–Kier alpha value is -4.66. The van der Waals surface area contributed by atoms with Crippen molar-refractivity contribution in [3.63, 3.8) is 0 Å². The predicted molar refractivity (Wildman–Crippen MR) is 128 cm³/mol. The molecule has 0 spiro atoms. The lowest BCUT2D eigenvalue weighted by molar-refractivity contribution is 1.10. The normalized spacial score (nSPS) is 11.3. The van der Waals surface area contributed by atoms with E-state index in [4.69, 9.17) is 9.97 Å². The van der Waals surface area contributed by atoms with E-state index in [9.17, 15) is 0 Å². The Balaban J connectivity index is 1.48. The first-order valence-corrected chi connectivity index (χ1v) is 10.4. The van der Waals surface area contributed by atoms with Crippen LogP contribution in [0.2, 0.25) is 0 Å². The van der Waals surface area contributed by atoms with E-state index in [1.54, 1.807) is 18.6 Å². The topological polar surface area (TPSA) is 112 Å². The number of aromatic nitrogens is 8. The van der Waals surface area contributed by atoms with Gasteiger partial charge in [0.25, 0.3) is 0 Å². The van der Waals surface area contributed by atoms with Crippen molar-refractivity contribution in [3.05, 3.63) is 67.4 Å². The summed E-state index contributed by atoms with van der Waals surface area (Å²) in [5, 5.41) is 7.56. The third kappa shape index (κ3) is 3.26. The number of fused-ring (bicyclic) bond motifs is 2. The minimum Gasteiger partial charge on any atom is -0.376 e. The molecule has 0 radical (unpaired) electrons. The highest BCUT2D eigenvalue weighted by Crippen LogP contribution is 2.31. The molecule has 0 aromatic carbocycles. The number of nitrogens with zero attached hydrogens (tertiary/aromatic N) is 7. The van der Waals surface area contributed by atoms with Crippen LogP contribution in [0, 0.1) is 0 Å². The molecule has 0 aliphatic heterocycles. The van der Waals surface area contributed by atoms with Crippen LogP contribution in [0.4, 0.5) is 5.69 Å². The summed E-state index contributed by atoms with van der Waals surface area (Å²) in [6.45, 7) is 0. The molecule has 0 atom stereocenters. The lowest BCUT2D eigenvalue weighted by atomic mass is 10.1. The van der Waals surface area contributed by atoms with Gasteiger partial charge in [0.1, 0.15) is 11.0 Å². The minimum atomic E-state index is 0.617. The molecule has 6 aromatic heterocycles. The fourth-order valence-electron chi connectivity index (χ4n) is 3.79. The van der Waals surface area contributed by atoms with Gasteiger partial charge in [0.05, 0.1) is 40.5 Å². The number of pyridine rings is 4. The average molecular weight is 433 g/mol. The number of hydrogen-bond donors (Lipinski definition) is 2. The van der Waals surface area contributed by atoms with E-state index in [0.717, 1.165) is 50.3 Å². The van der Waals surface area contributed by atoms with Crippen LogP contribution in [0.3, 0.4) is 0 Å². The Kier molecular flexibility index (Phi) is 4.32. The molecule has 0 aliphatic carbocycles. The molecule has 6 heterocycles. The van der Waals surface area contributed by atoms with Gasteiger partial charge in [-0.25, -0.2) is 9.97 Å². The van der Waals surface area contributed by atoms with Crippen LogP contribution in [-0.4, -0.2) is 54.2 Å². The summed E-state index contributed by atoms with van der Waals surface area (Å²) >= 11 is 0. The number of nitrogens with one attached hydrogen (secondary N) is 2. The van der Waals surface area contributed by atoms with Gasteiger partial charge in [-0.2, -0.15) is 5.10 Å². The molecular formula is C24H19N9. The summed E-state index contributed by atoms with van der Waals surface area (Å²) in [7, 11) is 3.97. The first-order valence-electron chi connectivity index (χ1n) is 10.4. The number of imidazole rings is 1. The van der Waals surface area contributed by atoms with Crippen molar-refractivity contribution in [1.82, 2.24) is 40.1 Å². The van der Waals surface area contributed by atoms with Crippen LogP contribution >= 0.6 is 0 Å². The molecule has 33 heavy (non-hydrogen) atoms. The Morgan fingerprint density at radius 3 is 2.58 bits per heavy atom. The Labute approximate surface area is 188 Å². The van der Waals surface area contributed by atoms with Crippen LogP contribution in [0.1, 0.15) is 0 Å². The number of rotatable bonds is 4. The molecular weight excluding hydrogens is 414 g/mol. The van der Waals surface area contributed by atoms with E-state index in [2.05, 4.69) is 36.2 Å². The standard InChI is InChI=1S/C24H19N9/c1-33(2)15-9-14(10-25-11-15)17-6-7-19-22(28-17)23(32-31-19)24-29-20-13-26-12-16(21(20)30-24)18-5-3-4-8-27-18/h3-13H,1-2H3,(H,29,30)(H,31,32). The molecule has 9 nitrogen and oxygen atoms in total. The van der Waals surface area contributed by atoms with Crippen molar-refractivity contribution in [2.24, 2.45) is 0 Å². The maximum atomic E-state index is 4.89. The smallest absolute Gasteiger partial charge is 0.161 e. The third-order valence-corrected chi connectivity index (χ3v) is 5.50. The zero-order valence-corrected chi connectivity index (χ0v) is 18.0. The molecule has 0 amide bonds. The van der Waals surface area contributed by atoms with Gasteiger partial charge in [0, 0.05) is 43.8 Å². The average Bonchev–Trinajstić information content (AvgIpc) is 3.48. The Morgan fingerprint density at radius 2 is 1.73 bits per heavy atom. The van der Waals surface area contributed by atoms with Crippen molar-refractivity contribution in [1.29, 1.82) is 0 Å². The van der Waals surface area contributed by atoms with Gasteiger partial charge in [-0.05, 0) is 30.3 Å². The molecule has 0 aliphatic rings. The quantitative estimate of drug-likeness (QED) is 0.431. The second-order valence-corrected chi connectivity index (χ2v) is 7.87. The second-order valence-electron chi connectivity index (χ2n) is 7.87. The number of hydrogen-bond acceptors (Lipinski definition) is 7. The Morgan fingerprint density at radius 1 is 0.818 bits per heavy atom. The highest BCUT2D eigenvalue weighted by molar-refractivity contribution is 5.95. The van der Waals surface area contributed by atoms with E-state index >= 15 is 0 Å². The lowest BCUT2D eigenvalue weighted by Gasteiger charge is -2.12. The maximum absolute atomic E-state index is 4.89. The second kappa shape index (κ2) is 7.49. The van der Waals surface area contributed by atoms with E-state index in [1.165, 1.54) is 0 Å². The fraction of sp³-hybridized carbons (Fsp3) is 0.0833. The molecule has 0 saturated heterocycles. The van der Waals surface area contributed by atoms with E-state index < -0.39 is 0 Å². The molecule has 0 fully saturated rings. The van der Waals surface area contributed by atoms with Crippen LogP contribution in [0.5, 0.6) is 0 Å². The largest absolute Gasteiger partial charge is 0.376 e. The predicted octanol–water partition coefficient (Wildman–Crippen LogP) is 4.09. The summed E-state index contributed by atoms with van der Waals surface area (Å²) in [5.41, 5.74) is 8.22. The SMILES string of the molecule is CN(C)c1cncc(-c2ccc3[nH]nc(-c4nc5c(-c6ccccn6)cncc5[nH]4)c3n2)c1. The molecule has 0 saturated carbocycles. The lowest BCUT2D eigenvalue weighted by Crippen LogP contribution is -2.08. The molecule has 2 N–H and O–H groups in total. The van der Waals surface area contributed by atoms with E-state index in [1.807, 2.05) is 61.7 Å². The first-order chi connectivity index (χ1) is 16.2. The van der Waals surface area contributed by atoms with E-state index in [0.29, 0.717) is 11.5 Å². The highest BCUT2D eigenvalue weighted by atomic mass is 15.2. The molecule has 0 unspecified atom stereocenters. The number of anilines is 1. The molecule has 6 rings (SSSR count). The third-order valence-electron chi connectivity index (χ3n) is 5.50. The molecule has 160 valence electrons. The van der Waals surface area contributed by atoms with Gasteiger partial charge >= 0.3 is 0 Å². The van der Waals surface area contributed by atoms with Crippen LogP contribution in [-0.2, 0) is 0 Å². The van der Waals surface area contributed by atoms with Crippen molar-refractivity contribution in [2.75, 3.05) is 19.0 Å².